The van der Waals surface area contributed by atoms with Crippen LogP contribution in [-0.2, 0) is 0 Å². The van der Waals surface area contributed by atoms with Gasteiger partial charge in [-0.1, -0.05) is 5.16 Å². The van der Waals surface area contributed by atoms with E-state index in [4.69, 9.17) is 9.94 Å². The first-order valence-electron chi connectivity index (χ1n) is 3.91. The maximum atomic E-state index is 11.7. The summed E-state index contributed by atoms with van der Waals surface area (Å²) in [6.07, 6.45) is -1.25. The first-order valence-corrected chi connectivity index (χ1v) is 3.91. The zero-order valence-corrected chi connectivity index (χ0v) is 7.23. The smallest absolute Gasteiger partial charge is 0.272 e. The fraction of sp³-hybridized carbons (Fsp3) is 0.222. The molecule has 0 aromatic heterocycles. The highest BCUT2D eigenvalue weighted by atomic mass is 19.3. The second-order valence-electron chi connectivity index (χ2n) is 2.52. The number of nitrogens with zero attached hydrogens (tertiary/aromatic N) is 1. The lowest BCUT2D eigenvalue weighted by molar-refractivity contribution is 0.0819. The molecule has 0 atom stereocenters. The first kappa shape index (κ1) is 10.4. The topological polar surface area (TPSA) is 41.8 Å². The van der Waals surface area contributed by atoms with Crippen LogP contribution in [0.25, 0.3) is 0 Å². The highest BCUT2D eigenvalue weighted by molar-refractivity contribution is 5.79. The van der Waals surface area contributed by atoms with Crippen molar-refractivity contribution in [3.05, 3.63) is 29.8 Å². The van der Waals surface area contributed by atoms with Crippen molar-refractivity contribution in [1.29, 1.82) is 0 Å². The summed E-state index contributed by atoms with van der Waals surface area (Å²) >= 11 is 0. The minimum absolute atomic E-state index is 0.361. The zero-order valence-electron chi connectivity index (χ0n) is 7.23. The van der Waals surface area contributed by atoms with Crippen LogP contribution in [0.1, 0.15) is 5.56 Å². The number of halogens is 2. The van der Waals surface area contributed by atoms with Crippen molar-refractivity contribution in [3.8, 4) is 5.75 Å². The van der Waals surface area contributed by atoms with Gasteiger partial charge >= 0.3 is 0 Å². The van der Waals surface area contributed by atoms with E-state index >= 15 is 0 Å². The van der Waals surface area contributed by atoms with E-state index in [9.17, 15) is 8.78 Å². The molecular formula is C9H9F2NO2. The molecule has 0 fully saturated rings. The Labute approximate surface area is 79.6 Å². The average Bonchev–Trinajstić information content (AvgIpc) is 2.17. The van der Waals surface area contributed by atoms with Gasteiger partial charge < -0.3 is 9.94 Å². The van der Waals surface area contributed by atoms with Gasteiger partial charge in [-0.25, -0.2) is 8.78 Å². The number of hydrogen-bond donors (Lipinski definition) is 1. The van der Waals surface area contributed by atoms with E-state index in [2.05, 4.69) is 5.16 Å². The van der Waals surface area contributed by atoms with E-state index < -0.39 is 13.0 Å². The lowest BCUT2D eigenvalue weighted by Gasteiger charge is -2.04. The van der Waals surface area contributed by atoms with Gasteiger partial charge in [0.2, 0.25) is 0 Å². The monoisotopic (exact) mass is 201 g/mol. The summed E-state index contributed by atoms with van der Waals surface area (Å²) < 4.78 is 28.2. The van der Waals surface area contributed by atoms with E-state index in [0.29, 0.717) is 11.3 Å². The van der Waals surface area contributed by atoms with Crippen LogP contribution in [0.4, 0.5) is 8.78 Å². The van der Waals surface area contributed by atoms with Gasteiger partial charge in [0.1, 0.15) is 12.4 Å². The minimum Gasteiger partial charge on any atom is -0.488 e. The van der Waals surface area contributed by atoms with E-state index in [1.165, 1.54) is 18.3 Å². The predicted octanol–water partition coefficient (Wildman–Crippen LogP) is 2.14. The molecule has 1 N–H and O–H groups in total. The molecule has 0 aliphatic heterocycles. The first-order chi connectivity index (χ1) is 6.72. The summed E-state index contributed by atoms with van der Waals surface area (Å²) in [6, 6.07) is 6.25. The van der Waals surface area contributed by atoms with Gasteiger partial charge in [-0.3, -0.25) is 0 Å². The third-order valence-corrected chi connectivity index (χ3v) is 1.46. The quantitative estimate of drug-likeness (QED) is 0.460. The Bertz CT molecular complexity index is 298. The number of ether oxygens (including phenoxy) is 1. The van der Waals surface area contributed by atoms with Gasteiger partial charge in [0, 0.05) is 0 Å². The van der Waals surface area contributed by atoms with E-state index in [1.807, 2.05) is 0 Å². The van der Waals surface area contributed by atoms with Crippen molar-refractivity contribution >= 4 is 6.21 Å². The summed E-state index contributed by atoms with van der Waals surface area (Å²) in [7, 11) is 0. The van der Waals surface area contributed by atoms with Gasteiger partial charge in [-0.15, -0.1) is 0 Å². The van der Waals surface area contributed by atoms with Crippen LogP contribution in [-0.4, -0.2) is 24.5 Å². The average molecular weight is 201 g/mol. The highest BCUT2D eigenvalue weighted by Crippen LogP contribution is 2.11. The van der Waals surface area contributed by atoms with Crippen molar-refractivity contribution in [1.82, 2.24) is 0 Å². The molecular weight excluding hydrogens is 192 g/mol. The maximum absolute atomic E-state index is 11.7. The minimum atomic E-state index is -2.48. The van der Waals surface area contributed by atoms with E-state index in [-0.39, 0.29) is 0 Å². The largest absolute Gasteiger partial charge is 0.488 e. The summed E-state index contributed by atoms with van der Waals surface area (Å²) in [5, 5.41) is 11.0. The van der Waals surface area contributed by atoms with E-state index in [1.54, 1.807) is 12.1 Å². The molecule has 1 aromatic rings. The second-order valence-corrected chi connectivity index (χ2v) is 2.52. The molecule has 0 radical (unpaired) electrons. The molecule has 5 heteroatoms. The van der Waals surface area contributed by atoms with Gasteiger partial charge in [0.25, 0.3) is 6.43 Å². The summed E-state index contributed by atoms with van der Waals surface area (Å²) in [5.74, 6) is 0.361. The van der Waals surface area contributed by atoms with Crippen molar-refractivity contribution in [2.45, 2.75) is 6.43 Å². The Kier molecular flexibility index (Phi) is 3.84. The van der Waals surface area contributed by atoms with Crippen molar-refractivity contribution in [3.63, 3.8) is 0 Å². The summed E-state index contributed by atoms with van der Waals surface area (Å²) in [4.78, 5) is 0. The highest BCUT2D eigenvalue weighted by Gasteiger charge is 2.02. The molecule has 0 aliphatic carbocycles. The lowest BCUT2D eigenvalue weighted by Crippen LogP contribution is -2.06. The zero-order chi connectivity index (χ0) is 10.4. The fourth-order valence-corrected chi connectivity index (χ4v) is 0.876. The SMILES string of the molecule is ON=Cc1ccc(OCC(F)F)cc1. The van der Waals surface area contributed by atoms with Crippen LogP contribution in [0.3, 0.4) is 0 Å². The fourth-order valence-electron chi connectivity index (χ4n) is 0.876. The normalized spacial score (nSPS) is 11.1. The van der Waals surface area contributed by atoms with Crippen molar-refractivity contribution < 1.29 is 18.7 Å². The third kappa shape index (κ3) is 3.38. The lowest BCUT2D eigenvalue weighted by atomic mass is 10.2. The van der Waals surface area contributed by atoms with Crippen LogP contribution in [0, 0.1) is 0 Å². The summed E-state index contributed by atoms with van der Waals surface area (Å²) in [5.41, 5.74) is 0.664. The molecule has 3 nitrogen and oxygen atoms in total. The van der Waals surface area contributed by atoms with E-state index in [0.717, 1.165) is 0 Å². The van der Waals surface area contributed by atoms with Crippen molar-refractivity contribution in [2.75, 3.05) is 6.61 Å². The Hall–Kier alpha value is -1.65. The summed E-state index contributed by atoms with van der Waals surface area (Å²) in [6.45, 7) is -0.618. The van der Waals surface area contributed by atoms with Crippen LogP contribution < -0.4 is 4.74 Å². The Morgan fingerprint density at radius 2 is 2.00 bits per heavy atom. The number of oxime groups is 1. The van der Waals surface area contributed by atoms with Crippen LogP contribution in [0.2, 0.25) is 0 Å². The number of rotatable bonds is 4. The molecule has 0 unspecified atom stereocenters. The van der Waals surface area contributed by atoms with Crippen LogP contribution in [0.5, 0.6) is 5.75 Å². The molecule has 0 spiro atoms. The standard InChI is InChI=1S/C9H9F2NO2/c10-9(11)6-14-8-3-1-7(2-4-8)5-12-13/h1-5,9,13H,6H2. The second kappa shape index (κ2) is 5.16. The molecule has 0 saturated carbocycles. The Morgan fingerprint density at radius 1 is 1.36 bits per heavy atom. The van der Waals surface area contributed by atoms with Gasteiger partial charge in [0.05, 0.1) is 6.21 Å². The molecule has 0 saturated heterocycles. The van der Waals surface area contributed by atoms with Gasteiger partial charge in [-0.2, -0.15) is 0 Å². The molecule has 1 aromatic carbocycles. The molecule has 0 heterocycles. The number of alkyl halides is 2. The van der Waals surface area contributed by atoms with Gasteiger partial charge in [-0.05, 0) is 29.8 Å². The van der Waals surface area contributed by atoms with Crippen LogP contribution >= 0.6 is 0 Å². The van der Waals surface area contributed by atoms with Crippen molar-refractivity contribution in [2.24, 2.45) is 5.16 Å². The number of hydrogen-bond acceptors (Lipinski definition) is 3. The predicted molar refractivity (Wildman–Crippen MR) is 47.3 cm³/mol. The molecule has 0 amide bonds. The number of benzene rings is 1. The Balaban J connectivity index is 2.55. The molecule has 0 bridgehead atoms. The molecule has 76 valence electrons. The third-order valence-electron chi connectivity index (χ3n) is 1.46. The Morgan fingerprint density at radius 3 is 2.50 bits per heavy atom. The van der Waals surface area contributed by atoms with Gasteiger partial charge in [0.15, 0.2) is 0 Å². The molecule has 0 aliphatic rings. The van der Waals surface area contributed by atoms with Crippen LogP contribution in [0.15, 0.2) is 29.4 Å². The molecule has 1 rings (SSSR count). The molecule has 14 heavy (non-hydrogen) atoms. The maximum Gasteiger partial charge on any atom is 0.272 e.